The van der Waals surface area contributed by atoms with E-state index in [-0.39, 0.29) is 11.4 Å². The highest BCUT2D eigenvalue weighted by Gasteiger charge is 2.12. The largest absolute Gasteiger partial charge is 0.493 e. The lowest BCUT2D eigenvalue weighted by Gasteiger charge is -2.12. The van der Waals surface area contributed by atoms with Gasteiger partial charge in [-0.1, -0.05) is 29.4 Å². The molecule has 0 atom stereocenters. The van der Waals surface area contributed by atoms with Crippen molar-refractivity contribution < 1.29 is 23.5 Å². The number of aromatic nitrogens is 1. The van der Waals surface area contributed by atoms with E-state index in [1.807, 2.05) is 30.3 Å². The van der Waals surface area contributed by atoms with Gasteiger partial charge in [0.25, 0.3) is 5.91 Å². The first kappa shape index (κ1) is 24.1. The van der Waals surface area contributed by atoms with E-state index >= 15 is 0 Å². The van der Waals surface area contributed by atoms with Crippen molar-refractivity contribution >= 4 is 17.8 Å². The first-order valence-electron chi connectivity index (χ1n) is 10.5. The van der Waals surface area contributed by atoms with Crippen LogP contribution in [0, 0.1) is 18.3 Å². The fourth-order valence-electron chi connectivity index (χ4n) is 3.02. The van der Waals surface area contributed by atoms with Crippen LogP contribution in [0.4, 0.5) is 5.82 Å². The van der Waals surface area contributed by atoms with Crippen molar-refractivity contribution in [3.8, 4) is 23.3 Å². The summed E-state index contributed by atoms with van der Waals surface area (Å²) in [6.45, 7) is 6.11. The van der Waals surface area contributed by atoms with Crippen LogP contribution in [0.5, 0.6) is 17.2 Å². The van der Waals surface area contributed by atoms with E-state index in [2.05, 4.69) is 17.1 Å². The molecule has 174 valence electrons. The quantitative estimate of drug-likeness (QED) is 0.191. The van der Waals surface area contributed by atoms with Crippen LogP contribution in [0.1, 0.15) is 16.9 Å². The van der Waals surface area contributed by atoms with Crippen molar-refractivity contribution in [1.29, 1.82) is 5.26 Å². The number of allylic oxidation sites excluding steroid dienone is 1. The molecular weight excluding hydrogens is 434 g/mol. The molecule has 1 N–H and O–H groups in total. The second kappa shape index (κ2) is 11.9. The fraction of sp³-hybridized carbons (Fsp3) is 0.192. The van der Waals surface area contributed by atoms with Gasteiger partial charge in [0, 0.05) is 6.07 Å². The first-order chi connectivity index (χ1) is 16.5. The van der Waals surface area contributed by atoms with Crippen LogP contribution in [0.15, 0.2) is 71.3 Å². The zero-order valence-corrected chi connectivity index (χ0v) is 19.0. The third-order valence-electron chi connectivity index (χ3n) is 4.64. The van der Waals surface area contributed by atoms with Crippen LogP contribution >= 0.6 is 0 Å². The molecule has 0 radical (unpaired) electrons. The molecule has 0 saturated heterocycles. The summed E-state index contributed by atoms with van der Waals surface area (Å²) < 4.78 is 21.8. The van der Waals surface area contributed by atoms with Gasteiger partial charge in [0.1, 0.15) is 36.4 Å². The topological polar surface area (TPSA) is 107 Å². The molecule has 34 heavy (non-hydrogen) atoms. The van der Waals surface area contributed by atoms with E-state index < -0.39 is 5.91 Å². The average molecular weight is 460 g/mol. The number of hydrogen-bond donors (Lipinski definition) is 1. The molecule has 0 saturated carbocycles. The van der Waals surface area contributed by atoms with Gasteiger partial charge >= 0.3 is 0 Å². The molecule has 1 aromatic heterocycles. The smallest absolute Gasteiger partial charge is 0.267 e. The Morgan fingerprint density at radius 1 is 1.15 bits per heavy atom. The number of nitriles is 1. The zero-order valence-electron chi connectivity index (χ0n) is 19.0. The number of anilines is 1. The number of amides is 1. The highest BCUT2D eigenvalue weighted by atomic mass is 16.5. The van der Waals surface area contributed by atoms with Crippen LogP contribution in [0.3, 0.4) is 0 Å². The minimum absolute atomic E-state index is 0.0595. The molecule has 2 aromatic carbocycles. The molecule has 1 amide bonds. The summed E-state index contributed by atoms with van der Waals surface area (Å²) in [6, 6.07) is 16.2. The second-order valence-electron chi connectivity index (χ2n) is 7.19. The van der Waals surface area contributed by atoms with Crippen LogP contribution in [0.25, 0.3) is 6.08 Å². The Kier molecular flexibility index (Phi) is 8.47. The van der Waals surface area contributed by atoms with Crippen LogP contribution in [-0.2, 0) is 11.2 Å². The Hall–Kier alpha value is -4.51. The van der Waals surface area contributed by atoms with Gasteiger partial charge in [-0.3, -0.25) is 4.79 Å². The molecule has 3 rings (SSSR count). The van der Waals surface area contributed by atoms with Crippen molar-refractivity contribution in [3.05, 3.63) is 83.6 Å². The Bertz CT molecular complexity index is 1210. The van der Waals surface area contributed by atoms with Crippen molar-refractivity contribution in [2.24, 2.45) is 0 Å². The minimum Gasteiger partial charge on any atom is -0.493 e. The molecule has 0 aliphatic carbocycles. The van der Waals surface area contributed by atoms with Crippen molar-refractivity contribution in [2.75, 3.05) is 25.6 Å². The highest BCUT2D eigenvalue weighted by molar-refractivity contribution is 6.09. The van der Waals surface area contributed by atoms with Crippen molar-refractivity contribution in [1.82, 2.24) is 5.16 Å². The number of carbonyl (C=O) groups is 1. The molecule has 0 fully saturated rings. The lowest BCUT2D eigenvalue weighted by molar-refractivity contribution is -0.112. The second-order valence-corrected chi connectivity index (χ2v) is 7.19. The van der Waals surface area contributed by atoms with Crippen LogP contribution in [0.2, 0.25) is 0 Å². The van der Waals surface area contributed by atoms with E-state index in [1.165, 1.54) is 6.08 Å². The summed E-state index contributed by atoms with van der Waals surface area (Å²) in [5, 5.41) is 15.5. The highest BCUT2D eigenvalue weighted by Crippen LogP contribution is 2.28. The molecule has 0 unspecified atom stereocenters. The molecule has 8 heteroatoms. The standard InChI is InChI=1S/C26H25N3O5/c1-4-5-19-8-11-23(24(16-19)31-3)33-13-12-32-22-9-6-20(7-10-22)15-21(17-27)26(30)28-25-14-18(2)34-29-25/h4,6-11,14-16H,1,5,12-13H2,2-3H3,(H,28,29,30). The number of benzene rings is 2. The van der Waals surface area contributed by atoms with E-state index in [0.717, 1.165) is 12.0 Å². The summed E-state index contributed by atoms with van der Waals surface area (Å²) >= 11 is 0. The summed E-state index contributed by atoms with van der Waals surface area (Å²) in [5.74, 6) is 2.17. The van der Waals surface area contributed by atoms with Gasteiger partial charge in [-0.25, -0.2) is 0 Å². The zero-order chi connectivity index (χ0) is 24.3. The van der Waals surface area contributed by atoms with E-state index in [4.69, 9.17) is 18.7 Å². The number of nitrogens with one attached hydrogen (secondary N) is 1. The van der Waals surface area contributed by atoms with Gasteiger partial charge in [0.15, 0.2) is 17.3 Å². The normalized spacial score (nSPS) is 10.8. The number of rotatable bonds is 11. The van der Waals surface area contributed by atoms with Gasteiger partial charge in [-0.05, 0) is 54.8 Å². The molecule has 0 aliphatic heterocycles. The summed E-state index contributed by atoms with van der Waals surface area (Å²) in [5.41, 5.74) is 1.71. The molecule has 0 aliphatic rings. The Morgan fingerprint density at radius 3 is 2.56 bits per heavy atom. The third kappa shape index (κ3) is 6.74. The number of methoxy groups -OCH3 is 1. The lowest BCUT2D eigenvalue weighted by Crippen LogP contribution is -2.13. The Morgan fingerprint density at radius 2 is 1.91 bits per heavy atom. The number of hydrogen-bond acceptors (Lipinski definition) is 7. The predicted octanol–water partition coefficient (Wildman–Crippen LogP) is 4.72. The summed E-state index contributed by atoms with van der Waals surface area (Å²) in [6.07, 6.45) is 4.07. The van der Waals surface area contributed by atoms with Gasteiger partial charge in [0.05, 0.1) is 7.11 Å². The number of ether oxygens (including phenoxy) is 3. The molecule has 1 heterocycles. The maximum Gasteiger partial charge on any atom is 0.267 e. The van der Waals surface area contributed by atoms with Crippen molar-refractivity contribution in [3.63, 3.8) is 0 Å². The number of carbonyl (C=O) groups excluding carboxylic acids is 1. The molecular formula is C26H25N3O5. The fourth-order valence-corrected chi connectivity index (χ4v) is 3.02. The predicted molar refractivity (Wildman–Crippen MR) is 128 cm³/mol. The maximum absolute atomic E-state index is 12.3. The maximum atomic E-state index is 12.3. The monoisotopic (exact) mass is 459 g/mol. The third-order valence-corrected chi connectivity index (χ3v) is 4.64. The van der Waals surface area contributed by atoms with Gasteiger partial charge in [-0.15, -0.1) is 6.58 Å². The average Bonchev–Trinajstić information content (AvgIpc) is 3.26. The number of aryl methyl sites for hydroxylation is 1. The lowest BCUT2D eigenvalue weighted by atomic mass is 10.1. The van der Waals surface area contributed by atoms with Gasteiger partial charge in [0.2, 0.25) is 0 Å². The molecule has 0 bridgehead atoms. The van der Waals surface area contributed by atoms with E-state index in [0.29, 0.717) is 41.8 Å². The summed E-state index contributed by atoms with van der Waals surface area (Å²) in [7, 11) is 1.60. The molecule has 8 nitrogen and oxygen atoms in total. The van der Waals surface area contributed by atoms with Crippen LogP contribution in [-0.4, -0.2) is 31.4 Å². The Labute approximate surface area is 198 Å². The van der Waals surface area contributed by atoms with E-state index in [9.17, 15) is 10.1 Å². The SMILES string of the molecule is C=CCc1ccc(OCCOc2ccc(C=C(C#N)C(=O)Nc3cc(C)on3)cc2)c(OC)c1. The number of nitrogens with zero attached hydrogens (tertiary/aromatic N) is 2. The van der Waals surface area contributed by atoms with Crippen molar-refractivity contribution in [2.45, 2.75) is 13.3 Å². The molecule has 3 aromatic rings. The Balaban J connectivity index is 1.52. The first-order valence-corrected chi connectivity index (χ1v) is 10.5. The van der Waals surface area contributed by atoms with Crippen LogP contribution < -0.4 is 19.5 Å². The van der Waals surface area contributed by atoms with Gasteiger partial charge < -0.3 is 24.1 Å². The van der Waals surface area contributed by atoms with Gasteiger partial charge in [-0.2, -0.15) is 5.26 Å². The van der Waals surface area contributed by atoms with E-state index in [1.54, 1.807) is 44.4 Å². The summed E-state index contributed by atoms with van der Waals surface area (Å²) in [4.78, 5) is 12.3. The molecule has 0 spiro atoms. The minimum atomic E-state index is -0.568.